The zero-order valence-corrected chi connectivity index (χ0v) is 21.4. The molecule has 1 aliphatic heterocycles. The lowest BCUT2D eigenvalue weighted by Gasteiger charge is -2.35. The van der Waals surface area contributed by atoms with E-state index in [1.54, 1.807) is 14.2 Å². The molecule has 0 radical (unpaired) electrons. The molecule has 0 amide bonds. The van der Waals surface area contributed by atoms with Crippen LogP contribution in [0.1, 0.15) is 29.2 Å². The number of benzene rings is 3. The molecule has 1 aliphatic rings. The molecule has 0 bridgehead atoms. The van der Waals surface area contributed by atoms with Crippen LogP contribution in [0.4, 0.5) is 0 Å². The largest absolute Gasteiger partial charge is 0.493 e. The van der Waals surface area contributed by atoms with E-state index in [0.717, 1.165) is 57.0 Å². The van der Waals surface area contributed by atoms with Crippen molar-refractivity contribution in [3.8, 4) is 17.2 Å². The molecule has 3 aromatic rings. The first-order valence-electron chi connectivity index (χ1n) is 12.8. The quantitative estimate of drug-likeness (QED) is 0.406. The molecule has 4 rings (SSSR count). The summed E-state index contributed by atoms with van der Waals surface area (Å²) in [5.74, 6) is 2.30. The minimum Gasteiger partial charge on any atom is -0.493 e. The number of ether oxygens (including phenoxy) is 3. The molecule has 3 aromatic carbocycles. The number of piperazine rings is 1. The molecule has 0 aliphatic carbocycles. The van der Waals surface area contributed by atoms with Crippen molar-refractivity contribution in [1.29, 1.82) is 0 Å². The van der Waals surface area contributed by atoms with Crippen molar-refractivity contribution < 1.29 is 19.3 Å². The summed E-state index contributed by atoms with van der Waals surface area (Å²) in [7, 11) is 3.23. The standard InChI is InChI=1S/C30H38N2O4/c1-34-29-13-12-25(23-30(29)35-2)27(33)14-15-31-16-18-32(19-17-31)20-21-36-28-11-7-6-10-26(28)22-24-8-4-3-5-9-24/h3-13,23,27,33H,14-22H2,1-2H3. The molecule has 1 saturated heterocycles. The summed E-state index contributed by atoms with van der Waals surface area (Å²) in [6, 6.07) is 24.5. The fourth-order valence-electron chi connectivity index (χ4n) is 4.66. The third-order valence-corrected chi connectivity index (χ3v) is 6.85. The second-order valence-corrected chi connectivity index (χ2v) is 9.22. The Morgan fingerprint density at radius 1 is 0.750 bits per heavy atom. The van der Waals surface area contributed by atoms with Gasteiger partial charge in [-0.05, 0) is 41.3 Å². The summed E-state index contributed by atoms with van der Waals surface area (Å²) >= 11 is 0. The number of hydrogen-bond acceptors (Lipinski definition) is 6. The summed E-state index contributed by atoms with van der Waals surface area (Å²) in [5.41, 5.74) is 3.37. The van der Waals surface area contributed by atoms with Gasteiger partial charge in [0.05, 0.1) is 20.3 Å². The van der Waals surface area contributed by atoms with E-state index in [0.29, 0.717) is 24.5 Å². The number of nitrogens with zero attached hydrogens (tertiary/aromatic N) is 2. The van der Waals surface area contributed by atoms with E-state index in [1.807, 2.05) is 30.3 Å². The maximum atomic E-state index is 10.7. The van der Waals surface area contributed by atoms with Crippen LogP contribution < -0.4 is 14.2 Å². The Bertz CT molecular complexity index is 1070. The van der Waals surface area contributed by atoms with Crippen LogP contribution in [0.2, 0.25) is 0 Å². The van der Waals surface area contributed by atoms with Crippen molar-refractivity contribution in [3.05, 3.63) is 89.5 Å². The number of hydrogen-bond donors (Lipinski definition) is 1. The predicted octanol–water partition coefficient (Wildman–Crippen LogP) is 4.41. The fourth-order valence-corrected chi connectivity index (χ4v) is 4.66. The van der Waals surface area contributed by atoms with E-state index in [-0.39, 0.29) is 0 Å². The van der Waals surface area contributed by atoms with Gasteiger partial charge in [-0.15, -0.1) is 0 Å². The second-order valence-electron chi connectivity index (χ2n) is 9.22. The normalized spacial score (nSPS) is 15.4. The maximum absolute atomic E-state index is 10.7. The molecule has 192 valence electrons. The van der Waals surface area contributed by atoms with Crippen LogP contribution in [0.25, 0.3) is 0 Å². The van der Waals surface area contributed by atoms with Gasteiger partial charge >= 0.3 is 0 Å². The molecule has 1 fully saturated rings. The Hall–Kier alpha value is -3.06. The molecule has 1 atom stereocenters. The molecule has 0 spiro atoms. The van der Waals surface area contributed by atoms with E-state index in [1.165, 1.54) is 11.1 Å². The maximum Gasteiger partial charge on any atom is 0.161 e. The smallest absolute Gasteiger partial charge is 0.161 e. The van der Waals surface area contributed by atoms with Gasteiger partial charge < -0.3 is 24.2 Å². The Morgan fingerprint density at radius 2 is 1.42 bits per heavy atom. The van der Waals surface area contributed by atoms with Gasteiger partial charge in [-0.2, -0.15) is 0 Å². The van der Waals surface area contributed by atoms with E-state index >= 15 is 0 Å². The van der Waals surface area contributed by atoms with Gasteiger partial charge in [-0.1, -0.05) is 54.6 Å². The van der Waals surface area contributed by atoms with E-state index in [4.69, 9.17) is 14.2 Å². The highest BCUT2D eigenvalue weighted by molar-refractivity contribution is 5.43. The molecule has 6 heteroatoms. The predicted molar refractivity (Wildman–Crippen MR) is 143 cm³/mol. The van der Waals surface area contributed by atoms with Gasteiger partial charge in [0.2, 0.25) is 0 Å². The molecule has 1 unspecified atom stereocenters. The third kappa shape index (κ3) is 7.23. The van der Waals surface area contributed by atoms with E-state index in [9.17, 15) is 5.11 Å². The lowest BCUT2D eigenvalue weighted by atomic mass is 10.0. The van der Waals surface area contributed by atoms with Crippen molar-refractivity contribution in [3.63, 3.8) is 0 Å². The van der Waals surface area contributed by atoms with Crippen molar-refractivity contribution in [1.82, 2.24) is 9.80 Å². The van der Waals surface area contributed by atoms with Crippen LogP contribution in [0, 0.1) is 0 Å². The summed E-state index contributed by atoms with van der Waals surface area (Å²) < 4.78 is 16.8. The minimum atomic E-state index is -0.521. The molecule has 6 nitrogen and oxygen atoms in total. The van der Waals surface area contributed by atoms with Crippen LogP contribution in [-0.4, -0.2) is 75.0 Å². The average Bonchev–Trinajstić information content (AvgIpc) is 2.93. The highest BCUT2D eigenvalue weighted by atomic mass is 16.5. The Kier molecular flexibility index (Phi) is 9.61. The summed E-state index contributed by atoms with van der Waals surface area (Å²) in [4.78, 5) is 4.89. The molecular formula is C30H38N2O4. The number of para-hydroxylation sites is 1. The Balaban J connectivity index is 1.17. The first kappa shape index (κ1) is 26.0. The van der Waals surface area contributed by atoms with Gasteiger partial charge in [0.25, 0.3) is 0 Å². The third-order valence-electron chi connectivity index (χ3n) is 6.85. The van der Waals surface area contributed by atoms with Gasteiger partial charge in [-0.3, -0.25) is 4.90 Å². The molecular weight excluding hydrogens is 452 g/mol. The van der Waals surface area contributed by atoms with Crippen molar-refractivity contribution in [2.24, 2.45) is 0 Å². The van der Waals surface area contributed by atoms with Crippen molar-refractivity contribution >= 4 is 0 Å². The molecule has 36 heavy (non-hydrogen) atoms. The van der Waals surface area contributed by atoms with Crippen LogP contribution in [0.3, 0.4) is 0 Å². The molecule has 1 heterocycles. The number of methoxy groups -OCH3 is 2. The fraction of sp³-hybridized carbons (Fsp3) is 0.400. The first-order valence-corrected chi connectivity index (χ1v) is 12.8. The zero-order chi connectivity index (χ0) is 25.2. The van der Waals surface area contributed by atoms with Gasteiger partial charge in [0, 0.05) is 45.7 Å². The Labute approximate surface area is 215 Å². The number of aliphatic hydroxyl groups is 1. The zero-order valence-electron chi connectivity index (χ0n) is 21.4. The topological polar surface area (TPSA) is 54.4 Å². The minimum absolute atomic E-state index is 0.521. The molecule has 1 N–H and O–H groups in total. The lowest BCUT2D eigenvalue weighted by Crippen LogP contribution is -2.47. The summed E-state index contributed by atoms with van der Waals surface area (Å²) in [6.07, 6.45) is 1.05. The van der Waals surface area contributed by atoms with Crippen LogP contribution in [0.5, 0.6) is 17.2 Å². The number of rotatable bonds is 12. The Morgan fingerprint density at radius 3 is 2.14 bits per heavy atom. The van der Waals surface area contributed by atoms with E-state index in [2.05, 4.69) is 52.3 Å². The van der Waals surface area contributed by atoms with Crippen molar-refractivity contribution in [2.45, 2.75) is 18.9 Å². The second kappa shape index (κ2) is 13.3. The monoisotopic (exact) mass is 490 g/mol. The SMILES string of the molecule is COc1ccc(C(O)CCN2CCN(CCOc3ccccc3Cc3ccccc3)CC2)cc1OC. The highest BCUT2D eigenvalue weighted by Gasteiger charge is 2.19. The number of aliphatic hydroxyl groups excluding tert-OH is 1. The summed E-state index contributed by atoms with van der Waals surface area (Å²) in [6.45, 7) is 6.51. The highest BCUT2D eigenvalue weighted by Crippen LogP contribution is 2.31. The van der Waals surface area contributed by atoms with E-state index < -0.39 is 6.10 Å². The van der Waals surface area contributed by atoms with Crippen LogP contribution in [0.15, 0.2) is 72.8 Å². The average molecular weight is 491 g/mol. The molecule has 0 saturated carbocycles. The summed E-state index contributed by atoms with van der Waals surface area (Å²) in [5, 5.41) is 10.7. The van der Waals surface area contributed by atoms with Gasteiger partial charge in [0.1, 0.15) is 12.4 Å². The van der Waals surface area contributed by atoms with Gasteiger partial charge in [0.15, 0.2) is 11.5 Å². The van der Waals surface area contributed by atoms with Gasteiger partial charge in [-0.25, -0.2) is 0 Å². The van der Waals surface area contributed by atoms with Crippen molar-refractivity contribution in [2.75, 3.05) is 60.1 Å². The lowest BCUT2D eigenvalue weighted by molar-refractivity contribution is 0.0945. The van der Waals surface area contributed by atoms with Crippen LogP contribution in [-0.2, 0) is 6.42 Å². The van der Waals surface area contributed by atoms with Crippen LogP contribution >= 0.6 is 0 Å². The first-order chi connectivity index (χ1) is 17.7. The molecule has 0 aromatic heterocycles.